The Morgan fingerprint density at radius 2 is 1.79 bits per heavy atom. The SMILES string of the molecule is COCCCNC(=O)C1CCN(C(=O)c2cccc(S(=O)(=O)NCc3ccccc3)c2)CC1. The highest BCUT2D eigenvalue weighted by Crippen LogP contribution is 2.21. The molecule has 1 fully saturated rings. The molecule has 0 aliphatic carbocycles. The summed E-state index contributed by atoms with van der Waals surface area (Å²) in [4.78, 5) is 27.0. The maximum Gasteiger partial charge on any atom is 0.253 e. The minimum absolute atomic E-state index is 0.00998. The number of benzene rings is 2. The van der Waals surface area contributed by atoms with Gasteiger partial charge >= 0.3 is 0 Å². The Morgan fingerprint density at radius 1 is 1.06 bits per heavy atom. The zero-order valence-electron chi connectivity index (χ0n) is 18.8. The molecule has 1 heterocycles. The highest BCUT2D eigenvalue weighted by atomic mass is 32.2. The van der Waals surface area contributed by atoms with Gasteiger partial charge in [-0.15, -0.1) is 0 Å². The number of carbonyl (C=O) groups is 2. The number of likely N-dealkylation sites (tertiary alicyclic amines) is 1. The maximum absolute atomic E-state index is 13.0. The van der Waals surface area contributed by atoms with Gasteiger partial charge in [0.2, 0.25) is 15.9 Å². The number of piperidine rings is 1. The van der Waals surface area contributed by atoms with Crippen LogP contribution >= 0.6 is 0 Å². The molecule has 9 heteroatoms. The van der Waals surface area contributed by atoms with Gasteiger partial charge in [0.05, 0.1) is 4.90 Å². The van der Waals surface area contributed by atoms with Gasteiger partial charge in [0.25, 0.3) is 5.91 Å². The first kappa shape index (κ1) is 24.9. The quantitative estimate of drug-likeness (QED) is 0.515. The smallest absolute Gasteiger partial charge is 0.253 e. The van der Waals surface area contributed by atoms with Crippen LogP contribution in [0, 0.1) is 5.92 Å². The number of sulfonamides is 1. The molecular formula is C24H31N3O5S. The first-order chi connectivity index (χ1) is 15.9. The minimum atomic E-state index is -3.76. The van der Waals surface area contributed by atoms with Gasteiger partial charge in [-0.25, -0.2) is 13.1 Å². The predicted molar refractivity (Wildman–Crippen MR) is 125 cm³/mol. The van der Waals surface area contributed by atoms with Gasteiger partial charge in [0.15, 0.2) is 0 Å². The molecule has 0 atom stereocenters. The van der Waals surface area contributed by atoms with E-state index >= 15 is 0 Å². The molecule has 2 aromatic rings. The van der Waals surface area contributed by atoms with E-state index in [9.17, 15) is 18.0 Å². The van der Waals surface area contributed by atoms with Gasteiger partial charge < -0.3 is 15.0 Å². The number of hydrogen-bond donors (Lipinski definition) is 2. The van der Waals surface area contributed by atoms with Crippen LogP contribution in [0.4, 0.5) is 0 Å². The molecule has 3 rings (SSSR count). The molecule has 0 saturated carbocycles. The minimum Gasteiger partial charge on any atom is -0.385 e. The lowest BCUT2D eigenvalue weighted by Crippen LogP contribution is -2.43. The molecule has 1 aliphatic rings. The van der Waals surface area contributed by atoms with Crippen molar-refractivity contribution in [1.29, 1.82) is 0 Å². The lowest BCUT2D eigenvalue weighted by Gasteiger charge is -2.31. The molecule has 0 bridgehead atoms. The van der Waals surface area contributed by atoms with E-state index in [0.29, 0.717) is 44.6 Å². The molecule has 2 aromatic carbocycles. The van der Waals surface area contributed by atoms with Crippen molar-refractivity contribution in [1.82, 2.24) is 14.9 Å². The zero-order valence-corrected chi connectivity index (χ0v) is 19.6. The van der Waals surface area contributed by atoms with Gasteiger partial charge in [-0.3, -0.25) is 9.59 Å². The van der Waals surface area contributed by atoms with Crippen LogP contribution in [0.5, 0.6) is 0 Å². The van der Waals surface area contributed by atoms with Gasteiger partial charge in [-0.05, 0) is 43.0 Å². The van der Waals surface area contributed by atoms with E-state index in [2.05, 4.69) is 10.0 Å². The van der Waals surface area contributed by atoms with E-state index in [1.54, 1.807) is 24.1 Å². The molecule has 1 aliphatic heterocycles. The van der Waals surface area contributed by atoms with Gasteiger partial charge in [-0.1, -0.05) is 36.4 Å². The van der Waals surface area contributed by atoms with E-state index in [1.807, 2.05) is 30.3 Å². The highest BCUT2D eigenvalue weighted by Gasteiger charge is 2.28. The molecule has 8 nitrogen and oxygen atoms in total. The average Bonchev–Trinajstić information content (AvgIpc) is 2.86. The van der Waals surface area contributed by atoms with Crippen molar-refractivity contribution in [2.75, 3.05) is 33.4 Å². The second kappa shape index (κ2) is 11.9. The third kappa shape index (κ3) is 7.12. The van der Waals surface area contributed by atoms with E-state index < -0.39 is 10.0 Å². The Bertz CT molecular complexity index is 1040. The fourth-order valence-electron chi connectivity index (χ4n) is 3.75. The van der Waals surface area contributed by atoms with E-state index in [-0.39, 0.29) is 29.2 Å². The van der Waals surface area contributed by atoms with Crippen molar-refractivity contribution < 1.29 is 22.7 Å². The molecular weight excluding hydrogens is 442 g/mol. The molecule has 0 radical (unpaired) electrons. The standard InChI is InChI=1S/C24H31N3O5S/c1-32-16-6-13-25-23(28)20-11-14-27(15-12-20)24(29)21-9-5-10-22(17-21)33(30,31)26-18-19-7-3-2-4-8-19/h2-5,7-10,17,20,26H,6,11-16,18H2,1H3,(H,25,28). The number of carbonyl (C=O) groups excluding carboxylic acids is 2. The van der Waals surface area contributed by atoms with Crippen molar-refractivity contribution in [3.8, 4) is 0 Å². The Hall–Kier alpha value is -2.75. The molecule has 0 aromatic heterocycles. The molecule has 2 N–H and O–H groups in total. The summed E-state index contributed by atoms with van der Waals surface area (Å²) in [5.41, 5.74) is 1.17. The van der Waals surface area contributed by atoms with Gasteiger partial charge in [-0.2, -0.15) is 0 Å². The number of ether oxygens (including phenoxy) is 1. The Morgan fingerprint density at radius 3 is 2.48 bits per heavy atom. The first-order valence-electron chi connectivity index (χ1n) is 11.1. The van der Waals surface area contributed by atoms with Crippen LogP contribution in [-0.2, 0) is 26.1 Å². The topological polar surface area (TPSA) is 105 Å². The largest absolute Gasteiger partial charge is 0.385 e. The molecule has 33 heavy (non-hydrogen) atoms. The van der Waals surface area contributed by atoms with E-state index in [1.165, 1.54) is 12.1 Å². The molecule has 1 saturated heterocycles. The van der Waals surface area contributed by atoms with Gasteiger partial charge in [0, 0.05) is 51.4 Å². The van der Waals surface area contributed by atoms with Crippen LogP contribution in [0.2, 0.25) is 0 Å². The summed E-state index contributed by atoms with van der Waals surface area (Å²) in [6, 6.07) is 15.3. The van der Waals surface area contributed by atoms with Crippen molar-refractivity contribution in [3.63, 3.8) is 0 Å². The van der Waals surface area contributed by atoms with Crippen LogP contribution in [0.15, 0.2) is 59.5 Å². The molecule has 178 valence electrons. The summed E-state index contributed by atoms with van der Waals surface area (Å²) < 4.78 is 33.0. The Balaban J connectivity index is 1.56. The van der Waals surface area contributed by atoms with E-state index in [0.717, 1.165) is 12.0 Å². The van der Waals surface area contributed by atoms with Crippen molar-refractivity contribution in [3.05, 3.63) is 65.7 Å². The van der Waals surface area contributed by atoms with E-state index in [4.69, 9.17) is 4.74 Å². The Kier molecular flexibility index (Phi) is 8.99. The number of amides is 2. The normalized spacial score (nSPS) is 14.8. The zero-order chi connectivity index (χ0) is 23.7. The summed E-state index contributed by atoms with van der Waals surface area (Å²) in [5.74, 6) is -0.338. The number of rotatable bonds is 10. The third-order valence-electron chi connectivity index (χ3n) is 5.68. The molecule has 0 spiro atoms. The lowest BCUT2D eigenvalue weighted by atomic mass is 9.95. The van der Waals surface area contributed by atoms with Crippen molar-refractivity contribution in [2.45, 2.75) is 30.7 Å². The maximum atomic E-state index is 13.0. The van der Waals surface area contributed by atoms with Crippen LogP contribution in [-0.4, -0.2) is 58.5 Å². The van der Waals surface area contributed by atoms with Crippen LogP contribution < -0.4 is 10.0 Å². The summed E-state index contributed by atoms with van der Waals surface area (Å²) in [6.45, 7) is 2.26. The number of hydrogen-bond acceptors (Lipinski definition) is 5. The number of methoxy groups -OCH3 is 1. The fraction of sp³-hybridized carbons (Fsp3) is 0.417. The fourth-order valence-corrected chi connectivity index (χ4v) is 4.82. The lowest BCUT2D eigenvalue weighted by molar-refractivity contribution is -0.126. The monoisotopic (exact) mass is 473 g/mol. The predicted octanol–water partition coefficient (Wildman–Crippen LogP) is 2.17. The molecule has 0 unspecified atom stereocenters. The van der Waals surface area contributed by atoms with Crippen molar-refractivity contribution >= 4 is 21.8 Å². The highest BCUT2D eigenvalue weighted by molar-refractivity contribution is 7.89. The molecule has 2 amide bonds. The summed E-state index contributed by atoms with van der Waals surface area (Å²) in [5, 5.41) is 2.91. The number of nitrogens with zero attached hydrogens (tertiary/aromatic N) is 1. The summed E-state index contributed by atoms with van der Waals surface area (Å²) in [6.07, 6.45) is 1.93. The van der Waals surface area contributed by atoms with Crippen LogP contribution in [0.1, 0.15) is 35.2 Å². The summed E-state index contributed by atoms with van der Waals surface area (Å²) >= 11 is 0. The average molecular weight is 474 g/mol. The number of nitrogens with one attached hydrogen (secondary N) is 2. The third-order valence-corrected chi connectivity index (χ3v) is 7.08. The summed E-state index contributed by atoms with van der Waals surface area (Å²) in [7, 11) is -2.14. The van der Waals surface area contributed by atoms with Gasteiger partial charge in [0.1, 0.15) is 0 Å². The Labute approximate surface area is 195 Å². The van der Waals surface area contributed by atoms with Crippen LogP contribution in [0.3, 0.4) is 0 Å². The van der Waals surface area contributed by atoms with Crippen LogP contribution in [0.25, 0.3) is 0 Å². The first-order valence-corrected chi connectivity index (χ1v) is 12.6. The van der Waals surface area contributed by atoms with Crippen molar-refractivity contribution in [2.24, 2.45) is 5.92 Å². The second-order valence-corrected chi connectivity index (χ2v) is 9.81. The second-order valence-electron chi connectivity index (χ2n) is 8.04.